The molecule has 0 bridgehead atoms. The Morgan fingerprint density at radius 3 is 2.07 bits per heavy atom. The summed E-state index contributed by atoms with van der Waals surface area (Å²) in [5.74, 6) is 0.994. The Balaban J connectivity index is 1.43. The molecule has 4 rings (SSSR count). The average molecular weight is 431 g/mol. The Kier molecular flexibility index (Phi) is 6.38. The number of hydrogen-bond donors (Lipinski definition) is 0. The number of ether oxygens (including phenoxy) is 1. The number of rotatable bonds is 5. The predicted octanol–water partition coefficient (Wildman–Crippen LogP) is 2.30. The highest BCUT2D eigenvalue weighted by atomic mass is 32.2. The molecule has 2 fully saturated rings. The zero-order chi connectivity index (χ0) is 21.1. The summed E-state index contributed by atoms with van der Waals surface area (Å²) in [6.07, 6.45) is 1.87. The van der Waals surface area contributed by atoms with Crippen LogP contribution in [-0.2, 0) is 14.8 Å². The number of sulfonamides is 1. The van der Waals surface area contributed by atoms with E-state index in [1.807, 2.05) is 18.3 Å². The Morgan fingerprint density at radius 2 is 1.50 bits per heavy atom. The zero-order valence-corrected chi connectivity index (χ0v) is 18.5. The van der Waals surface area contributed by atoms with Crippen molar-refractivity contribution in [1.29, 1.82) is 0 Å². The van der Waals surface area contributed by atoms with E-state index in [0.717, 1.165) is 43.1 Å². The number of aromatic nitrogens is 1. The maximum Gasteiger partial charge on any atom is 0.243 e. The molecule has 0 amide bonds. The van der Waals surface area contributed by atoms with Crippen molar-refractivity contribution in [2.24, 2.45) is 0 Å². The van der Waals surface area contributed by atoms with Crippen molar-refractivity contribution in [3.63, 3.8) is 0 Å². The number of hydrogen-bond acceptors (Lipinski definition) is 6. The van der Waals surface area contributed by atoms with Crippen molar-refractivity contribution < 1.29 is 13.2 Å². The molecular formula is C22H30N4O3S. The first-order valence-electron chi connectivity index (χ1n) is 10.6. The third kappa shape index (κ3) is 4.51. The van der Waals surface area contributed by atoms with Crippen LogP contribution in [0.2, 0.25) is 0 Å². The summed E-state index contributed by atoms with van der Waals surface area (Å²) < 4.78 is 32.3. The second-order valence-electron chi connectivity index (χ2n) is 8.06. The molecule has 2 aliphatic rings. The summed E-state index contributed by atoms with van der Waals surface area (Å²) in [6.45, 7) is 10.3. The maximum absolute atomic E-state index is 12.8. The van der Waals surface area contributed by atoms with Crippen molar-refractivity contribution in [3.05, 3.63) is 42.6 Å². The molecule has 0 atom stereocenters. The lowest BCUT2D eigenvalue weighted by atomic mass is 10.1. The molecule has 0 aliphatic carbocycles. The van der Waals surface area contributed by atoms with Gasteiger partial charge in [0.25, 0.3) is 0 Å². The van der Waals surface area contributed by atoms with Gasteiger partial charge in [-0.1, -0.05) is 12.1 Å². The van der Waals surface area contributed by atoms with Crippen molar-refractivity contribution in [2.75, 3.05) is 57.4 Å². The predicted molar refractivity (Wildman–Crippen MR) is 118 cm³/mol. The molecule has 0 N–H and O–H groups in total. The lowest BCUT2D eigenvalue weighted by molar-refractivity contribution is 0.0730. The van der Waals surface area contributed by atoms with Crippen LogP contribution in [0, 0.1) is 0 Å². The molecule has 0 radical (unpaired) electrons. The van der Waals surface area contributed by atoms with Gasteiger partial charge in [-0.15, -0.1) is 0 Å². The van der Waals surface area contributed by atoms with Crippen LogP contribution in [0.3, 0.4) is 0 Å². The second-order valence-corrected chi connectivity index (χ2v) is 10.0. The van der Waals surface area contributed by atoms with E-state index in [9.17, 15) is 8.42 Å². The molecule has 162 valence electrons. The van der Waals surface area contributed by atoms with E-state index < -0.39 is 10.0 Å². The van der Waals surface area contributed by atoms with Gasteiger partial charge in [-0.2, -0.15) is 4.31 Å². The highest BCUT2D eigenvalue weighted by Crippen LogP contribution is 2.25. The fourth-order valence-corrected chi connectivity index (χ4v) is 5.37. The third-order valence-electron chi connectivity index (χ3n) is 5.91. The van der Waals surface area contributed by atoms with E-state index in [-0.39, 0.29) is 0 Å². The Labute approximate surface area is 179 Å². The Hall–Kier alpha value is -2.00. The van der Waals surface area contributed by atoms with Gasteiger partial charge in [-0.25, -0.2) is 13.4 Å². The van der Waals surface area contributed by atoms with Gasteiger partial charge in [-0.3, -0.25) is 4.90 Å². The summed E-state index contributed by atoms with van der Waals surface area (Å²) in [6, 6.07) is 11.8. The first-order chi connectivity index (χ1) is 14.4. The van der Waals surface area contributed by atoms with Crippen LogP contribution in [0.25, 0.3) is 11.1 Å². The lowest BCUT2D eigenvalue weighted by Gasteiger charge is -2.37. The van der Waals surface area contributed by atoms with Gasteiger partial charge < -0.3 is 9.64 Å². The van der Waals surface area contributed by atoms with Gasteiger partial charge >= 0.3 is 0 Å². The second kappa shape index (κ2) is 9.01. The van der Waals surface area contributed by atoms with Crippen LogP contribution in [-0.4, -0.2) is 81.1 Å². The largest absolute Gasteiger partial charge is 0.379 e. The first-order valence-corrected chi connectivity index (χ1v) is 12.0. The normalized spacial score (nSPS) is 19.4. The molecule has 1 aromatic heterocycles. The van der Waals surface area contributed by atoms with Crippen LogP contribution in [0.4, 0.5) is 5.82 Å². The smallest absolute Gasteiger partial charge is 0.243 e. The molecule has 30 heavy (non-hydrogen) atoms. The number of piperazine rings is 1. The summed E-state index contributed by atoms with van der Waals surface area (Å²) in [5.41, 5.74) is 1.94. The monoisotopic (exact) mass is 430 g/mol. The number of pyridine rings is 1. The van der Waals surface area contributed by atoms with Gasteiger partial charge in [0.1, 0.15) is 5.82 Å². The molecule has 2 saturated heterocycles. The summed E-state index contributed by atoms with van der Waals surface area (Å²) in [7, 11) is -3.47. The molecule has 0 unspecified atom stereocenters. The molecule has 8 heteroatoms. The summed E-state index contributed by atoms with van der Waals surface area (Å²) in [5, 5.41) is 0. The lowest BCUT2D eigenvalue weighted by Crippen LogP contribution is -2.49. The van der Waals surface area contributed by atoms with E-state index in [0.29, 0.717) is 37.2 Å². The minimum absolute atomic E-state index is 0.320. The van der Waals surface area contributed by atoms with Crippen molar-refractivity contribution in [3.8, 4) is 11.1 Å². The fraction of sp³-hybridized carbons (Fsp3) is 0.500. The van der Waals surface area contributed by atoms with Gasteiger partial charge in [0, 0.05) is 57.1 Å². The minimum atomic E-state index is -3.47. The van der Waals surface area contributed by atoms with Crippen molar-refractivity contribution in [2.45, 2.75) is 24.8 Å². The van der Waals surface area contributed by atoms with Crippen LogP contribution in [0.5, 0.6) is 0 Å². The molecule has 0 saturated carbocycles. The quantitative estimate of drug-likeness (QED) is 0.725. The van der Waals surface area contributed by atoms with Crippen molar-refractivity contribution >= 4 is 15.8 Å². The third-order valence-corrected chi connectivity index (χ3v) is 7.82. The average Bonchev–Trinajstić information content (AvgIpc) is 2.80. The highest BCUT2D eigenvalue weighted by Gasteiger charge is 2.26. The van der Waals surface area contributed by atoms with Crippen LogP contribution < -0.4 is 4.90 Å². The van der Waals surface area contributed by atoms with Gasteiger partial charge in [0.2, 0.25) is 10.0 Å². The van der Waals surface area contributed by atoms with E-state index >= 15 is 0 Å². The van der Waals surface area contributed by atoms with Crippen LogP contribution in [0.1, 0.15) is 13.8 Å². The van der Waals surface area contributed by atoms with E-state index in [1.54, 1.807) is 12.1 Å². The Bertz CT molecular complexity index is 931. The van der Waals surface area contributed by atoms with E-state index in [1.165, 1.54) is 4.31 Å². The number of morpholine rings is 1. The van der Waals surface area contributed by atoms with E-state index in [4.69, 9.17) is 4.74 Å². The first kappa shape index (κ1) is 21.2. The molecular weight excluding hydrogens is 400 g/mol. The number of benzene rings is 1. The topological polar surface area (TPSA) is 66.0 Å². The molecule has 2 aromatic rings. The molecule has 3 heterocycles. The summed E-state index contributed by atoms with van der Waals surface area (Å²) in [4.78, 5) is 9.78. The molecule has 7 nitrogen and oxygen atoms in total. The maximum atomic E-state index is 12.8. The van der Waals surface area contributed by atoms with Crippen molar-refractivity contribution in [1.82, 2.24) is 14.2 Å². The fourth-order valence-electron chi connectivity index (χ4n) is 3.97. The van der Waals surface area contributed by atoms with Crippen LogP contribution in [0.15, 0.2) is 47.5 Å². The number of anilines is 1. The molecule has 1 aromatic carbocycles. The van der Waals surface area contributed by atoms with Gasteiger partial charge in [0.05, 0.1) is 18.1 Å². The number of nitrogens with zero attached hydrogens (tertiary/aromatic N) is 4. The highest BCUT2D eigenvalue weighted by molar-refractivity contribution is 7.89. The van der Waals surface area contributed by atoms with Gasteiger partial charge in [-0.05, 0) is 43.7 Å². The minimum Gasteiger partial charge on any atom is -0.379 e. The Morgan fingerprint density at radius 1 is 0.867 bits per heavy atom. The van der Waals surface area contributed by atoms with Gasteiger partial charge in [0.15, 0.2) is 0 Å². The zero-order valence-electron chi connectivity index (χ0n) is 17.7. The summed E-state index contributed by atoms with van der Waals surface area (Å²) >= 11 is 0. The SMILES string of the molecule is CC(C)N1CCN(c2ccc(-c3ccc(S(=O)(=O)N4CCOCC4)cc3)cn2)CC1. The van der Waals surface area contributed by atoms with Crippen LogP contribution >= 0.6 is 0 Å². The standard InChI is InChI=1S/C22H30N4O3S/c1-18(2)24-9-11-25(12-10-24)22-8-5-20(17-23-22)19-3-6-21(7-4-19)30(27,28)26-13-15-29-16-14-26/h3-8,17-18H,9-16H2,1-2H3. The van der Waals surface area contributed by atoms with E-state index in [2.05, 4.69) is 40.8 Å². The molecule has 0 spiro atoms. The molecule has 2 aliphatic heterocycles.